The van der Waals surface area contributed by atoms with Gasteiger partial charge in [-0.05, 0) is 223 Å². The number of halogens is 12. The number of fused-ring (bicyclic) bond motifs is 3. The molecule has 0 spiro atoms. The number of nitrogens with zero attached hydrogens (tertiary/aromatic N) is 3. The number of alkyl halides is 12. The van der Waals surface area contributed by atoms with Crippen molar-refractivity contribution >= 4 is 78.2 Å². The fourth-order valence-corrected chi connectivity index (χ4v) is 12.2. The summed E-state index contributed by atoms with van der Waals surface area (Å²) in [5.74, 6) is 0. The van der Waals surface area contributed by atoms with Crippen LogP contribution in [-0.4, -0.2) is 6.54 Å². The lowest BCUT2D eigenvalue weighted by Crippen LogP contribution is -2.18. The largest absolute Gasteiger partial charge is 0.416 e. The van der Waals surface area contributed by atoms with Crippen LogP contribution in [0, 0.1) is 0 Å². The molecule has 0 atom stereocenters. The van der Waals surface area contributed by atoms with Crippen molar-refractivity contribution in [2.45, 2.75) is 24.7 Å². The third kappa shape index (κ3) is 12.4. The molecule has 1 heterocycles. The number of anilines is 8. The summed E-state index contributed by atoms with van der Waals surface area (Å²) < 4.78 is 165. The molecule has 13 rings (SSSR count). The Morgan fingerprint density at radius 3 is 1.01 bits per heavy atom. The van der Waals surface area contributed by atoms with Gasteiger partial charge >= 0.3 is 24.7 Å². The van der Waals surface area contributed by atoms with Crippen LogP contribution in [0.3, 0.4) is 0 Å². The monoisotopic (exact) mass is 1270 g/mol. The molecule has 15 heteroatoms. The first-order valence-corrected chi connectivity index (χ1v) is 29.6. The summed E-state index contributed by atoms with van der Waals surface area (Å²) in [6.07, 6.45) is -12.6. The average Bonchev–Trinajstić information content (AvgIpc) is 0.747. The molecule has 3 nitrogen and oxygen atoms in total. The molecular formula is C79H51F12N3. The highest BCUT2D eigenvalue weighted by molar-refractivity contribution is 6.21. The van der Waals surface area contributed by atoms with E-state index in [0.717, 1.165) is 126 Å². The summed E-state index contributed by atoms with van der Waals surface area (Å²) >= 11 is 0. The third-order valence-electron chi connectivity index (χ3n) is 16.7. The number of hydrogen-bond acceptors (Lipinski definition) is 3. The summed E-state index contributed by atoms with van der Waals surface area (Å²) in [5, 5.41) is 4.40. The van der Waals surface area contributed by atoms with E-state index in [1.165, 1.54) is 48.5 Å². The molecule has 0 radical (unpaired) electrons. The molecule has 1 aliphatic rings. The zero-order valence-corrected chi connectivity index (χ0v) is 49.4. The van der Waals surface area contributed by atoms with Crippen molar-refractivity contribution in [3.8, 4) is 33.4 Å². The van der Waals surface area contributed by atoms with E-state index in [1.54, 1.807) is 34.1 Å². The lowest BCUT2D eigenvalue weighted by molar-refractivity contribution is -0.138. The van der Waals surface area contributed by atoms with E-state index in [0.29, 0.717) is 29.1 Å². The highest BCUT2D eigenvalue weighted by atomic mass is 19.4. The van der Waals surface area contributed by atoms with E-state index >= 15 is 0 Å². The molecule has 12 aromatic carbocycles. The van der Waals surface area contributed by atoms with Crippen LogP contribution in [0.5, 0.6) is 0 Å². The Morgan fingerprint density at radius 1 is 0.319 bits per heavy atom. The fourth-order valence-electron chi connectivity index (χ4n) is 12.2. The third-order valence-corrected chi connectivity index (χ3v) is 16.7. The van der Waals surface area contributed by atoms with Gasteiger partial charge in [0, 0.05) is 57.6 Å². The maximum Gasteiger partial charge on any atom is 0.416 e. The highest BCUT2D eigenvalue weighted by Crippen LogP contribution is 2.47. The minimum atomic E-state index is -4.63. The molecule has 0 bridgehead atoms. The van der Waals surface area contributed by atoms with Crippen LogP contribution in [0.2, 0.25) is 0 Å². The normalized spacial score (nSPS) is 14.0. The van der Waals surface area contributed by atoms with Crippen molar-refractivity contribution in [1.29, 1.82) is 0 Å². The molecule has 0 aliphatic carbocycles. The van der Waals surface area contributed by atoms with E-state index in [-0.39, 0.29) is 22.7 Å². The van der Waals surface area contributed by atoms with Crippen LogP contribution in [0.25, 0.3) is 66.1 Å². The number of hydrogen-bond donors (Lipinski definition) is 0. The Labute approximate surface area is 533 Å². The van der Waals surface area contributed by atoms with Crippen molar-refractivity contribution < 1.29 is 52.7 Å². The van der Waals surface area contributed by atoms with Crippen molar-refractivity contribution in [2.75, 3.05) is 21.2 Å². The SMILES string of the molecule is C=C1/C=C(c2ccc(N(c3ccc(C(F)(F)F)cc3)c3ccc(C(F)(F)F)cc3)cc2)\C=C/CN(c2ccc(-c3c4ccccc4c(-c4ccccc4)c4ccccc34)cc2)c2ccc(-c3ccc(N(c4ccc(C(F)(F)F)cc4)c4ccc(C(F)(F)F)cc4)cc3)cc21. The standard InChI is InChI=1S/C79H51F12N3/c1-50-48-55(51-17-34-62(35-18-51)93(64-38-24-57(25-39-64)76(80,81)82)65-40-26-58(27-41-65)77(83,84)85)12-9-47-92(61-32-21-54(22-33-61)75-70-15-7-5-13-68(70)74(53-10-3-2-4-11-53)69-14-6-8-16-71(69)75)73-46-23-56(49-72(50)73)52-19-36-63(37-20-52)94(66-42-28-59(29-43-66)78(86,87)88)67-44-30-60(31-45-67)79(89,90)91/h2-46,48-49H,1,47H2/b12-9-,55-48+. The molecule has 94 heavy (non-hydrogen) atoms. The van der Waals surface area contributed by atoms with Crippen LogP contribution in [0.15, 0.2) is 292 Å². The molecule has 12 aromatic rings. The van der Waals surface area contributed by atoms with E-state index in [1.807, 2.05) is 91.0 Å². The first-order valence-electron chi connectivity index (χ1n) is 29.6. The van der Waals surface area contributed by atoms with Crippen molar-refractivity contribution in [2.24, 2.45) is 0 Å². The smallest absolute Gasteiger partial charge is 0.337 e. The van der Waals surface area contributed by atoms with Crippen LogP contribution in [-0.2, 0) is 24.7 Å². The van der Waals surface area contributed by atoms with Gasteiger partial charge in [-0.3, -0.25) is 0 Å². The molecular weight excluding hydrogens is 1220 g/mol. The van der Waals surface area contributed by atoms with Crippen LogP contribution >= 0.6 is 0 Å². The Balaban J connectivity index is 0.897. The lowest BCUT2D eigenvalue weighted by Gasteiger charge is -2.27. The average molecular weight is 1270 g/mol. The quantitative estimate of drug-likeness (QED) is 0.0944. The van der Waals surface area contributed by atoms with Crippen LogP contribution < -0.4 is 14.7 Å². The van der Waals surface area contributed by atoms with E-state index in [9.17, 15) is 52.7 Å². The van der Waals surface area contributed by atoms with E-state index < -0.39 is 47.0 Å². The van der Waals surface area contributed by atoms with Gasteiger partial charge in [0.25, 0.3) is 0 Å². The van der Waals surface area contributed by atoms with Gasteiger partial charge in [0.05, 0.1) is 22.3 Å². The first-order chi connectivity index (χ1) is 45.0. The summed E-state index contributed by atoms with van der Waals surface area (Å²) in [5.41, 5.74) is 8.55. The molecule has 0 N–H and O–H groups in total. The van der Waals surface area contributed by atoms with E-state index in [2.05, 4.69) is 84.3 Å². The second-order valence-corrected chi connectivity index (χ2v) is 22.6. The first kappa shape index (κ1) is 61.8. The lowest BCUT2D eigenvalue weighted by atomic mass is 9.86. The zero-order chi connectivity index (χ0) is 65.7. The van der Waals surface area contributed by atoms with Gasteiger partial charge in [-0.2, -0.15) is 52.7 Å². The maximum atomic E-state index is 13.8. The number of benzene rings is 12. The predicted molar refractivity (Wildman–Crippen MR) is 353 cm³/mol. The van der Waals surface area contributed by atoms with Crippen LogP contribution in [0.1, 0.15) is 33.4 Å². The second-order valence-electron chi connectivity index (χ2n) is 22.6. The number of allylic oxidation sites excluding steroid dienone is 4. The summed E-state index contributed by atoms with van der Waals surface area (Å²) in [4.78, 5) is 5.30. The molecule has 0 aromatic heterocycles. The highest BCUT2D eigenvalue weighted by Gasteiger charge is 2.34. The fraction of sp³-hybridized carbons (Fsp3) is 0.0633. The molecule has 0 fully saturated rings. The zero-order valence-electron chi connectivity index (χ0n) is 49.4. The van der Waals surface area contributed by atoms with E-state index in [4.69, 9.17) is 0 Å². The molecule has 0 amide bonds. The minimum absolute atomic E-state index is 0.268. The molecule has 1 aliphatic heterocycles. The molecule has 0 saturated carbocycles. The van der Waals surface area contributed by atoms with Gasteiger partial charge in [-0.15, -0.1) is 0 Å². The van der Waals surface area contributed by atoms with Gasteiger partial charge < -0.3 is 14.7 Å². The van der Waals surface area contributed by atoms with Gasteiger partial charge in [0.1, 0.15) is 0 Å². The Morgan fingerprint density at radius 2 is 0.638 bits per heavy atom. The Hall–Kier alpha value is -11.1. The van der Waals surface area contributed by atoms with Gasteiger partial charge in [-0.25, -0.2) is 0 Å². The summed E-state index contributed by atoms with van der Waals surface area (Å²) in [6.45, 7) is 4.99. The van der Waals surface area contributed by atoms with Crippen molar-refractivity contribution in [3.63, 3.8) is 0 Å². The van der Waals surface area contributed by atoms with Gasteiger partial charge in [-0.1, -0.05) is 140 Å². The van der Waals surface area contributed by atoms with Crippen LogP contribution in [0.4, 0.5) is 98.2 Å². The number of rotatable bonds is 11. The predicted octanol–water partition coefficient (Wildman–Crippen LogP) is 24.8. The van der Waals surface area contributed by atoms with Gasteiger partial charge in [0.2, 0.25) is 0 Å². The second kappa shape index (κ2) is 24.5. The summed E-state index contributed by atoms with van der Waals surface area (Å²) in [7, 11) is 0. The minimum Gasteiger partial charge on any atom is -0.337 e. The summed E-state index contributed by atoms with van der Waals surface area (Å²) in [6, 6.07) is 73.1. The Kier molecular flexibility index (Phi) is 16.1. The molecule has 0 saturated heterocycles. The topological polar surface area (TPSA) is 9.72 Å². The molecule has 466 valence electrons. The van der Waals surface area contributed by atoms with Crippen molar-refractivity contribution in [3.05, 3.63) is 325 Å². The van der Waals surface area contributed by atoms with Crippen molar-refractivity contribution in [1.82, 2.24) is 0 Å². The van der Waals surface area contributed by atoms with Gasteiger partial charge in [0.15, 0.2) is 0 Å². The molecule has 0 unspecified atom stereocenters. The Bertz CT molecular complexity index is 4650. The maximum absolute atomic E-state index is 13.8.